The van der Waals surface area contributed by atoms with Crippen LogP contribution in [-0.2, 0) is 6.54 Å². The van der Waals surface area contributed by atoms with Gasteiger partial charge in [0.25, 0.3) is 5.91 Å². The van der Waals surface area contributed by atoms with E-state index < -0.39 is 5.60 Å². The van der Waals surface area contributed by atoms with Crippen molar-refractivity contribution in [2.24, 2.45) is 0 Å². The van der Waals surface area contributed by atoms with Crippen LogP contribution in [0.1, 0.15) is 47.6 Å². The number of imidazole rings is 1. The predicted octanol–water partition coefficient (Wildman–Crippen LogP) is 4.70. The van der Waals surface area contributed by atoms with E-state index in [2.05, 4.69) is 30.0 Å². The average molecular weight is 495 g/mol. The summed E-state index contributed by atoms with van der Waals surface area (Å²) in [7, 11) is 0. The first kappa shape index (κ1) is 23.4. The van der Waals surface area contributed by atoms with Crippen LogP contribution in [-0.4, -0.2) is 47.4 Å². The van der Waals surface area contributed by atoms with Gasteiger partial charge in [-0.15, -0.1) is 0 Å². The van der Waals surface area contributed by atoms with Crippen LogP contribution in [0.5, 0.6) is 0 Å². The number of aromatic amines is 1. The highest BCUT2D eigenvalue weighted by atomic mass is 16.3. The summed E-state index contributed by atoms with van der Waals surface area (Å²) >= 11 is 0. The molecule has 1 aliphatic rings. The summed E-state index contributed by atoms with van der Waals surface area (Å²) in [5, 5.41) is 23.2. The fraction of sp³-hybridized carbons (Fsp3) is 0.310. The van der Waals surface area contributed by atoms with E-state index in [4.69, 9.17) is 0 Å². The van der Waals surface area contributed by atoms with Crippen LogP contribution in [0.3, 0.4) is 0 Å². The van der Waals surface area contributed by atoms with Crippen LogP contribution in [0.2, 0.25) is 0 Å². The van der Waals surface area contributed by atoms with Gasteiger partial charge in [-0.1, -0.05) is 12.1 Å². The Morgan fingerprint density at radius 1 is 1.19 bits per heavy atom. The third kappa shape index (κ3) is 4.49. The molecule has 3 aromatic heterocycles. The number of H-pyrrole nitrogens is 1. The maximum absolute atomic E-state index is 13.3. The summed E-state index contributed by atoms with van der Waals surface area (Å²) in [5.74, 6) is 0.743. The van der Waals surface area contributed by atoms with Gasteiger partial charge in [0.1, 0.15) is 11.5 Å². The number of rotatable bonds is 5. The van der Waals surface area contributed by atoms with Crippen LogP contribution in [0.25, 0.3) is 33.2 Å². The Hall–Kier alpha value is -4.04. The smallest absolute Gasteiger partial charge is 0.251 e. The number of aromatic nitrogens is 5. The molecule has 0 aliphatic heterocycles. The van der Waals surface area contributed by atoms with Crippen molar-refractivity contribution in [1.29, 1.82) is 0 Å². The number of amides is 1. The minimum atomic E-state index is -0.911. The van der Waals surface area contributed by atoms with Gasteiger partial charge in [0, 0.05) is 34.4 Å². The minimum absolute atomic E-state index is 0.108. The van der Waals surface area contributed by atoms with Gasteiger partial charge in [-0.05, 0) is 82.0 Å². The van der Waals surface area contributed by atoms with Crippen LogP contribution in [0.15, 0.2) is 60.8 Å². The Labute approximate surface area is 214 Å². The van der Waals surface area contributed by atoms with Crippen molar-refractivity contribution in [2.75, 3.05) is 0 Å². The molecule has 1 aliphatic carbocycles. The Kier molecular flexibility index (Phi) is 5.76. The summed E-state index contributed by atoms with van der Waals surface area (Å²) in [5.41, 5.74) is 5.15. The molecule has 5 aromatic rings. The fourth-order valence-electron chi connectivity index (χ4n) is 5.63. The van der Waals surface area contributed by atoms with E-state index in [0.29, 0.717) is 24.9 Å². The number of hydrogen-bond acceptors (Lipinski definition) is 5. The molecule has 0 radical (unpaired) electrons. The van der Waals surface area contributed by atoms with E-state index in [0.717, 1.165) is 57.6 Å². The molecule has 2 atom stereocenters. The standard InChI is InChI=1S/C29H30N6O2/c1-18-14-20(11-13-30-18)27-23-15-21(9-10-24(23)33-34-27)28(36)32-22-6-5-12-29(37,16-22)17-35-19(2)31-25-7-3-4-8-26(25)35/h3-4,7-11,13-15,22,37H,5-6,12,16-17H2,1-2H3,(H,32,36)(H,33,34)/t22-,29+/m0/s1. The van der Waals surface area contributed by atoms with Crippen molar-refractivity contribution in [3.8, 4) is 11.3 Å². The van der Waals surface area contributed by atoms with Crippen LogP contribution in [0, 0.1) is 13.8 Å². The molecule has 8 nitrogen and oxygen atoms in total. The van der Waals surface area contributed by atoms with Crippen molar-refractivity contribution < 1.29 is 9.90 Å². The molecule has 1 saturated carbocycles. The van der Waals surface area contributed by atoms with E-state index >= 15 is 0 Å². The van der Waals surface area contributed by atoms with Gasteiger partial charge in [-0.25, -0.2) is 4.98 Å². The van der Waals surface area contributed by atoms with Crippen molar-refractivity contribution in [1.82, 2.24) is 30.0 Å². The SMILES string of the molecule is Cc1cc(-c2n[nH]c3ccc(C(=O)N[C@H]4CCC[C@](O)(Cn5c(C)nc6ccccc65)C4)cc23)ccn1. The van der Waals surface area contributed by atoms with Crippen molar-refractivity contribution in [3.63, 3.8) is 0 Å². The maximum atomic E-state index is 13.3. The minimum Gasteiger partial charge on any atom is -0.388 e. The summed E-state index contributed by atoms with van der Waals surface area (Å²) in [4.78, 5) is 22.2. The highest BCUT2D eigenvalue weighted by Gasteiger charge is 2.36. The molecule has 1 fully saturated rings. The van der Waals surface area contributed by atoms with Gasteiger partial charge in [0.2, 0.25) is 0 Å². The normalized spacial score (nSPS) is 19.9. The topological polar surface area (TPSA) is 109 Å². The Morgan fingerprint density at radius 3 is 2.92 bits per heavy atom. The van der Waals surface area contributed by atoms with Gasteiger partial charge in [-0.3, -0.25) is 14.9 Å². The lowest BCUT2D eigenvalue weighted by atomic mass is 9.81. The second kappa shape index (κ2) is 9.12. The summed E-state index contributed by atoms with van der Waals surface area (Å²) in [6.07, 6.45) is 4.65. The molecule has 37 heavy (non-hydrogen) atoms. The van der Waals surface area contributed by atoms with Crippen molar-refractivity contribution >= 4 is 27.8 Å². The number of hydrogen-bond donors (Lipinski definition) is 3. The number of aryl methyl sites for hydroxylation is 2. The molecule has 0 spiro atoms. The van der Waals surface area contributed by atoms with Crippen LogP contribution < -0.4 is 5.32 Å². The van der Waals surface area contributed by atoms with Gasteiger partial charge in [0.05, 0.1) is 28.7 Å². The zero-order valence-electron chi connectivity index (χ0n) is 21.0. The van der Waals surface area contributed by atoms with E-state index in [-0.39, 0.29) is 11.9 Å². The number of nitrogens with zero attached hydrogens (tertiary/aromatic N) is 4. The first-order chi connectivity index (χ1) is 17.9. The van der Waals surface area contributed by atoms with E-state index in [9.17, 15) is 9.90 Å². The molecule has 3 heterocycles. The lowest BCUT2D eigenvalue weighted by molar-refractivity contribution is -0.0207. The zero-order chi connectivity index (χ0) is 25.6. The number of para-hydroxylation sites is 2. The molecule has 3 N–H and O–H groups in total. The quantitative estimate of drug-likeness (QED) is 0.328. The molecule has 8 heteroatoms. The summed E-state index contributed by atoms with van der Waals surface area (Å²) in [6.45, 7) is 4.37. The van der Waals surface area contributed by atoms with Crippen LogP contribution in [0.4, 0.5) is 0 Å². The Morgan fingerprint density at radius 2 is 2.05 bits per heavy atom. The van der Waals surface area contributed by atoms with E-state index in [1.54, 1.807) is 6.20 Å². The average Bonchev–Trinajstić information content (AvgIpc) is 3.44. The largest absolute Gasteiger partial charge is 0.388 e. The summed E-state index contributed by atoms with van der Waals surface area (Å²) < 4.78 is 2.09. The molecule has 6 rings (SSSR count). The molecule has 1 amide bonds. The molecule has 2 aromatic carbocycles. The van der Waals surface area contributed by atoms with Crippen molar-refractivity contribution in [3.05, 3.63) is 77.9 Å². The van der Waals surface area contributed by atoms with Gasteiger partial charge in [-0.2, -0.15) is 5.10 Å². The van der Waals surface area contributed by atoms with Gasteiger partial charge >= 0.3 is 0 Å². The fourth-order valence-corrected chi connectivity index (χ4v) is 5.63. The molecule has 0 saturated heterocycles. The Balaban J connectivity index is 1.21. The number of carbonyl (C=O) groups excluding carboxylic acids is 1. The molecule has 0 unspecified atom stereocenters. The van der Waals surface area contributed by atoms with Crippen LogP contribution >= 0.6 is 0 Å². The zero-order valence-corrected chi connectivity index (χ0v) is 21.0. The first-order valence-corrected chi connectivity index (χ1v) is 12.7. The highest BCUT2D eigenvalue weighted by molar-refractivity contribution is 6.01. The number of nitrogens with one attached hydrogen (secondary N) is 2. The summed E-state index contributed by atoms with van der Waals surface area (Å²) in [6, 6.07) is 17.4. The lowest BCUT2D eigenvalue weighted by Crippen LogP contribution is -2.47. The van der Waals surface area contributed by atoms with Gasteiger partial charge < -0.3 is 15.0 Å². The number of fused-ring (bicyclic) bond motifs is 2. The number of aliphatic hydroxyl groups is 1. The first-order valence-electron chi connectivity index (χ1n) is 12.7. The number of carbonyl (C=O) groups is 1. The lowest BCUT2D eigenvalue weighted by Gasteiger charge is -2.37. The molecule has 0 bridgehead atoms. The third-order valence-electron chi connectivity index (χ3n) is 7.45. The predicted molar refractivity (Wildman–Crippen MR) is 143 cm³/mol. The van der Waals surface area contributed by atoms with E-state index in [1.165, 1.54) is 0 Å². The molecule has 188 valence electrons. The van der Waals surface area contributed by atoms with E-state index in [1.807, 2.05) is 68.4 Å². The second-order valence-electron chi connectivity index (χ2n) is 10.2. The number of benzene rings is 2. The Bertz CT molecular complexity index is 1620. The second-order valence-corrected chi connectivity index (χ2v) is 10.2. The highest BCUT2D eigenvalue weighted by Crippen LogP contribution is 2.32. The van der Waals surface area contributed by atoms with Gasteiger partial charge in [0.15, 0.2) is 0 Å². The number of pyridine rings is 1. The molecular formula is C29H30N6O2. The third-order valence-corrected chi connectivity index (χ3v) is 7.45. The maximum Gasteiger partial charge on any atom is 0.251 e. The monoisotopic (exact) mass is 494 g/mol. The molecular weight excluding hydrogens is 464 g/mol. The van der Waals surface area contributed by atoms with Crippen molar-refractivity contribution in [2.45, 2.75) is 57.7 Å².